The Kier molecular flexibility index (Phi) is 4.76. The number of carbonyl (C=O) groups excluding carboxylic acids is 2. The Morgan fingerprint density at radius 1 is 1.20 bits per heavy atom. The molecule has 1 saturated heterocycles. The van der Waals surface area contributed by atoms with Crippen LogP contribution in [0.1, 0.15) is 18.4 Å². The third-order valence-corrected chi connectivity index (χ3v) is 7.38. The zero-order valence-electron chi connectivity index (χ0n) is 15.6. The highest BCUT2D eigenvalue weighted by Gasteiger charge is 2.57. The number of carbonyl (C=O) groups is 2. The minimum atomic E-state index is -0.978. The van der Waals surface area contributed by atoms with Gasteiger partial charge in [0.1, 0.15) is 5.82 Å². The molecule has 2 aromatic carbocycles. The van der Waals surface area contributed by atoms with Crippen molar-refractivity contribution in [2.24, 2.45) is 0 Å². The van der Waals surface area contributed by atoms with E-state index in [4.69, 9.17) is 23.2 Å². The van der Waals surface area contributed by atoms with Gasteiger partial charge in [0, 0.05) is 27.4 Å². The molecule has 2 amide bonds. The maximum absolute atomic E-state index is 13.4. The standard InChI is InChI=1S/C21H16Cl2N4O2S/c22-14-6-5-13(15(23)11-14)12-26-18(8-10-24-26)25-20(29)21-9-7-19(28)27(21)16-3-1-2-4-17(16)30-21/h1-6,8,10-11H,7,9,12H2,(H,25,29). The van der Waals surface area contributed by atoms with Gasteiger partial charge in [-0.2, -0.15) is 5.10 Å². The highest BCUT2D eigenvalue weighted by Crippen LogP contribution is 2.56. The average molecular weight is 459 g/mol. The van der Waals surface area contributed by atoms with E-state index in [-0.39, 0.29) is 11.8 Å². The van der Waals surface area contributed by atoms with Crippen LogP contribution in [0.2, 0.25) is 10.0 Å². The molecule has 5 rings (SSSR count). The number of anilines is 2. The van der Waals surface area contributed by atoms with Gasteiger partial charge in [0.2, 0.25) is 5.91 Å². The van der Waals surface area contributed by atoms with E-state index >= 15 is 0 Å². The molecule has 1 aromatic heterocycles. The van der Waals surface area contributed by atoms with Gasteiger partial charge in [-0.15, -0.1) is 0 Å². The van der Waals surface area contributed by atoms with Crippen molar-refractivity contribution < 1.29 is 9.59 Å². The molecule has 9 heteroatoms. The first kappa shape index (κ1) is 19.5. The number of aromatic nitrogens is 2. The molecule has 1 N–H and O–H groups in total. The Morgan fingerprint density at radius 2 is 2.03 bits per heavy atom. The monoisotopic (exact) mass is 458 g/mol. The van der Waals surface area contributed by atoms with Crippen LogP contribution >= 0.6 is 35.0 Å². The molecular weight excluding hydrogens is 443 g/mol. The van der Waals surface area contributed by atoms with Crippen LogP contribution in [-0.2, 0) is 16.1 Å². The van der Waals surface area contributed by atoms with Gasteiger partial charge in [-0.1, -0.05) is 53.2 Å². The minimum Gasteiger partial charge on any atom is -0.308 e. The van der Waals surface area contributed by atoms with E-state index < -0.39 is 4.87 Å². The predicted molar refractivity (Wildman–Crippen MR) is 118 cm³/mol. The van der Waals surface area contributed by atoms with Gasteiger partial charge >= 0.3 is 0 Å². The molecular formula is C21H16Cl2N4O2S. The lowest BCUT2D eigenvalue weighted by Crippen LogP contribution is -2.49. The summed E-state index contributed by atoms with van der Waals surface area (Å²) in [5, 5.41) is 8.38. The molecule has 3 heterocycles. The zero-order valence-corrected chi connectivity index (χ0v) is 18.0. The van der Waals surface area contributed by atoms with Crippen molar-refractivity contribution in [2.45, 2.75) is 29.2 Å². The van der Waals surface area contributed by atoms with Crippen molar-refractivity contribution in [1.82, 2.24) is 9.78 Å². The zero-order chi connectivity index (χ0) is 20.9. The van der Waals surface area contributed by atoms with Gasteiger partial charge in [0.15, 0.2) is 4.87 Å². The summed E-state index contributed by atoms with van der Waals surface area (Å²) in [7, 11) is 0. The third kappa shape index (κ3) is 3.09. The summed E-state index contributed by atoms with van der Waals surface area (Å²) in [6.07, 6.45) is 2.41. The van der Waals surface area contributed by atoms with Crippen LogP contribution in [0, 0.1) is 0 Å². The lowest BCUT2D eigenvalue weighted by Gasteiger charge is -2.29. The molecule has 2 aliphatic heterocycles. The largest absolute Gasteiger partial charge is 0.308 e. The van der Waals surface area contributed by atoms with Gasteiger partial charge in [-0.25, -0.2) is 4.68 Å². The van der Waals surface area contributed by atoms with E-state index in [1.54, 1.807) is 34.0 Å². The lowest BCUT2D eigenvalue weighted by molar-refractivity contribution is -0.121. The molecule has 0 aliphatic carbocycles. The van der Waals surface area contributed by atoms with E-state index in [0.717, 1.165) is 16.1 Å². The summed E-state index contributed by atoms with van der Waals surface area (Å²) in [5.74, 6) is 0.263. The van der Waals surface area contributed by atoms with Crippen LogP contribution in [0.15, 0.2) is 59.6 Å². The van der Waals surface area contributed by atoms with Crippen LogP contribution in [0.3, 0.4) is 0 Å². The van der Waals surface area contributed by atoms with E-state index in [9.17, 15) is 9.59 Å². The van der Waals surface area contributed by atoms with Crippen molar-refractivity contribution >= 4 is 58.3 Å². The molecule has 6 nitrogen and oxygen atoms in total. The topological polar surface area (TPSA) is 67.2 Å². The summed E-state index contributed by atoms with van der Waals surface area (Å²) in [4.78, 5) is 27.6. The Balaban J connectivity index is 1.42. The lowest BCUT2D eigenvalue weighted by atomic mass is 10.2. The van der Waals surface area contributed by atoms with Gasteiger partial charge in [0.05, 0.1) is 18.4 Å². The van der Waals surface area contributed by atoms with Gasteiger partial charge in [0.25, 0.3) is 5.91 Å². The molecule has 0 saturated carbocycles. The molecule has 3 aromatic rings. The molecule has 1 fully saturated rings. The van der Waals surface area contributed by atoms with Crippen LogP contribution < -0.4 is 10.2 Å². The van der Waals surface area contributed by atoms with Gasteiger partial charge in [-0.3, -0.25) is 14.5 Å². The number of hydrogen-bond donors (Lipinski definition) is 1. The molecule has 0 radical (unpaired) electrons. The number of benzene rings is 2. The predicted octanol–water partition coefficient (Wildman–Crippen LogP) is 4.81. The van der Waals surface area contributed by atoms with Gasteiger partial charge in [-0.05, 0) is 36.2 Å². The fraction of sp³-hybridized carbons (Fsp3) is 0.190. The third-order valence-electron chi connectivity index (χ3n) is 5.32. The second-order valence-electron chi connectivity index (χ2n) is 7.15. The summed E-state index contributed by atoms with van der Waals surface area (Å²) in [6, 6.07) is 14.6. The molecule has 0 bridgehead atoms. The number of nitrogens with one attached hydrogen (secondary N) is 1. The molecule has 1 unspecified atom stereocenters. The van der Waals surface area contributed by atoms with E-state index in [0.29, 0.717) is 35.2 Å². The molecule has 0 spiro atoms. The van der Waals surface area contributed by atoms with E-state index in [2.05, 4.69) is 10.4 Å². The normalized spacial score (nSPS) is 19.7. The van der Waals surface area contributed by atoms with Crippen molar-refractivity contribution in [3.05, 3.63) is 70.3 Å². The Bertz CT molecular complexity index is 1180. The number of amides is 2. The highest BCUT2D eigenvalue weighted by molar-refractivity contribution is 8.02. The molecule has 152 valence electrons. The number of rotatable bonds is 4. The number of thioether (sulfide) groups is 1. The summed E-state index contributed by atoms with van der Waals surface area (Å²) < 4.78 is 1.66. The fourth-order valence-electron chi connectivity index (χ4n) is 3.89. The van der Waals surface area contributed by atoms with Crippen molar-refractivity contribution in [1.29, 1.82) is 0 Å². The number of hydrogen-bond acceptors (Lipinski definition) is 4. The number of nitrogens with zero attached hydrogens (tertiary/aromatic N) is 3. The summed E-state index contributed by atoms with van der Waals surface area (Å²) in [5.41, 5.74) is 1.63. The minimum absolute atomic E-state index is 0.0379. The fourth-order valence-corrected chi connectivity index (χ4v) is 5.77. The quantitative estimate of drug-likeness (QED) is 0.609. The maximum Gasteiger partial charge on any atom is 0.262 e. The Morgan fingerprint density at radius 3 is 2.87 bits per heavy atom. The number of halogens is 2. The molecule has 2 aliphatic rings. The smallest absolute Gasteiger partial charge is 0.262 e. The SMILES string of the molecule is O=C1CCC2(C(=O)Nc3ccnn3Cc3ccc(Cl)cc3Cl)Sc3ccccc3N12. The Labute approximate surface area is 187 Å². The highest BCUT2D eigenvalue weighted by atomic mass is 35.5. The maximum atomic E-state index is 13.4. The summed E-state index contributed by atoms with van der Waals surface area (Å²) >= 11 is 13.7. The first-order valence-corrected chi connectivity index (χ1v) is 10.9. The van der Waals surface area contributed by atoms with Crippen LogP contribution in [-0.4, -0.2) is 26.5 Å². The van der Waals surface area contributed by atoms with E-state index in [1.807, 2.05) is 30.3 Å². The van der Waals surface area contributed by atoms with Crippen LogP contribution in [0.5, 0.6) is 0 Å². The molecule has 1 atom stereocenters. The van der Waals surface area contributed by atoms with E-state index in [1.165, 1.54) is 11.8 Å². The second-order valence-corrected chi connectivity index (χ2v) is 9.31. The first-order chi connectivity index (χ1) is 14.5. The number of para-hydroxylation sites is 1. The average Bonchev–Trinajstić information content (AvgIpc) is 3.39. The Hall–Kier alpha value is -2.48. The first-order valence-electron chi connectivity index (χ1n) is 9.36. The van der Waals surface area contributed by atoms with Crippen molar-refractivity contribution in [2.75, 3.05) is 10.2 Å². The molecule has 30 heavy (non-hydrogen) atoms. The van der Waals surface area contributed by atoms with Crippen LogP contribution in [0.4, 0.5) is 11.5 Å². The van der Waals surface area contributed by atoms with Crippen molar-refractivity contribution in [3.63, 3.8) is 0 Å². The van der Waals surface area contributed by atoms with Crippen molar-refractivity contribution in [3.8, 4) is 0 Å². The van der Waals surface area contributed by atoms with Crippen LogP contribution in [0.25, 0.3) is 0 Å². The number of fused-ring (bicyclic) bond motifs is 3. The second kappa shape index (κ2) is 7.34. The summed E-state index contributed by atoms with van der Waals surface area (Å²) in [6.45, 7) is 0.377. The van der Waals surface area contributed by atoms with Gasteiger partial charge < -0.3 is 5.32 Å².